The van der Waals surface area contributed by atoms with Gasteiger partial charge >= 0.3 is 0 Å². The van der Waals surface area contributed by atoms with Gasteiger partial charge in [-0.1, -0.05) is 12.1 Å². The SMILES string of the molecule is CC(CCS(C)=O)n1c(CCl)nc2ccccc2c1=O. The Balaban J connectivity index is 2.53. The van der Waals surface area contributed by atoms with E-state index in [0.29, 0.717) is 28.9 Å². The van der Waals surface area contributed by atoms with E-state index in [1.54, 1.807) is 16.9 Å². The molecule has 20 heavy (non-hydrogen) atoms. The highest BCUT2D eigenvalue weighted by Crippen LogP contribution is 2.16. The van der Waals surface area contributed by atoms with E-state index in [1.165, 1.54) is 0 Å². The number of alkyl halides is 1. The summed E-state index contributed by atoms with van der Waals surface area (Å²) in [7, 11) is -0.871. The number of benzene rings is 1. The molecule has 108 valence electrons. The molecule has 1 aromatic carbocycles. The van der Waals surface area contributed by atoms with Crippen molar-refractivity contribution in [1.29, 1.82) is 0 Å². The van der Waals surface area contributed by atoms with Gasteiger partial charge in [-0.25, -0.2) is 4.98 Å². The van der Waals surface area contributed by atoms with Crippen LogP contribution in [-0.2, 0) is 16.7 Å². The van der Waals surface area contributed by atoms with Gasteiger partial charge in [0.25, 0.3) is 5.56 Å². The quantitative estimate of drug-likeness (QED) is 0.797. The lowest BCUT2D eigenvalue weighted by molar-refractivity contribution is 0.496. The van der Waals surface area contributed by atoms with Crippen molar-refractivity contribution in [3.8, 4) is 0 Å². The third kappa shape index (κ3) is 3.10. The molecule has 2 rings (SSSR count). The summed E-state index contributed by atoms with van der Waals surface area (Å²) in [5, 5.41) is 0.589. The van der Waals surface area contributed by atoms with Crippen molar-refractivity contribution < 1.29 is 4.21 Å². The van der Waals surface area contributed by atoms with Gasteiger partial charge in [0.15, 0.2) is 0 Å². The van der Waals surface area contributed by atoms with Gasteiger partial charge in [-0.05, 0) is 25.5 Å². The summed E-state index contributed by atoms with van der Waals surface area (Å²) in [6, 6.07) is 7.17. The number of rotatable bonds is 5. The Hall–Kier alpha value is -1.20. The van der Waals surface area contributed by atoms with E-state index in [9.17, 15) is 9.00 Å². The molecule has 0 radical (unpaired) electrons. The van der Waals surface area contributed by atoms with Crippen LogP contribution in [0.3, 0.4) is 0 Å². The Bertz CT molecular complexity index is 699. The molecule has 0 spiro atoms. The van der Waals surface area contributed by atoms with Crippen LogP contribution in [0.25, 0.3) is 10.9 Å². The van der Waals surface area contributed by atoms with Crippen LogP contribution in [0.15, 0.2) is 29.1 Å². The topological polar surface area (TPSA) is 52.0 Å². The van der Waals surface area contributed by atoms with E-state index >= 15 is 0 Å². The minimum atomic E-state index is -0.871. The summed E-state index contributed by atoms with van der Waals surface area (Å²) in [6.07, 6.45) is 2.32. The average molecular weight is 313 g/mol. The Morgan fingerprint density at radius 2 is 2.10 bits per heavy atom. The van der Waals surface area contributed by atoms with E-state index in [0.717, 1.165) is 0 Å². The maximum Gasteiger partial charge on any atom is 0.261 e. The molecular weight excluding hydrogens is 296 g/mol. The highest BCUT2D eigenvalue weighted by atomic mass is 35.5. The predicted molar refractivity (Wildman–Crippen MR) is 83.8 cm³/mol. The second kappa shape index (κ2) is 6.50. The minimum absolute atomic E-state index is 0.0720. The summed E-state index contributed by atoms with van der Waals surface area (Å²) in [5.41, 5.74) is 0.580. The Morgan fingerprint density at radius 1 is 1.40 bits per heavy atom. The minimum Gasteiger partial charge on any atom is -0.292 e. The molecule has 0 fully saturated rings. The number of nitrogens with zero attached hydrogens (tertiary/aromatic N) is 2. The second-order valence-electron chi connectivity index (χ2n) is 4.77. The summed E-state index contributed by atoms with van der Waals surface area (Å²) < 4.78 is 12.8. The molecule has 0 saturated carbocycles. The van der Waals surface area contributed by atoms with Crippen molar-refractivity contribution in [3.05, 3.63) is 40.4 Å². The first-order valence-electron chi connectivity index (χ1n) is 6.40. The fraction of sp³-hybridized carbons (Fsp3) is 0.429. The van der Waals surface area contributed by atoms with E-state index < -0.39 is 10.8 Å². The summed E-state index contributed by atoms with van der Waals surface area (Å²) in [4.78, 5) is 17.0. The zero-order chi connectivity index (χ0) is 14.7. The monoisotopic (exact) mass is 312 g/mol. The van der Waals surface area contributed by atoms with E-state index in [-0.39, 0.29) is 17.5 Å². The summed E-state index contributed by atoms with van der Waals surface area (Å²) in [6.45, 7) is 1.93. The van der Waals surface area contributed by atoms with Crippen LogP contribution in [0.5, 0.6) is 0 Å². The van der Waals surface area contributed by atoms with Gasteiger partial charge in [0, 0.05) is 28.9 Å². The Labute approximate surface area is 125 Å². The van der Waals surface area contributed by atoms with Crippen LogP contribution in [0.2, 0.25) is 0 Å². The molecule has 0 aliphatic carbocycles. The first-order valence-corrected chi connectivity index (χ1v) is 8.67. The zero-order valence-electron chi connectivity index (χ0n) is 11.5. The fourth-order valence-electron chi connectivity index (χ4n) is 2.21. The van der Waals surface area contributed by atoms with Gasteiger partial charge in [-0.3, -0.25) is 13.6 Å². The fourth-order valence-corrected chi connectivity index (χ4v) is 3.07. The molecule has 4 nitrogen and oxygen atoms in total. The molecule has 0 bridgehead atoms. The predicted octanol–water partition coefficient (Wildman–Crippen LogP) is 2.46. The normalized spacial score (nSPS) is 14.3. The summed E-state index contributed by atoms with van der Waals surface area (Å²) in [5.74, 6) is 1.30. The highest BCUT2D eigenvalue weighted by Gasteiger charge is 2.15. The molecule has 1 aromatic heterocycles. The Morgan fingerprint density at radius 3 is 2.75 bits per heavy atom. The van der Waals surface area contributed by atoms with Gasteiger partial charge in [-0.2, -0.15) is 0 Å². The molecule has 1 heterocycles. The van der Waals surface area contributed by atoms with Crippen molar-refractivity contribution in [3.63, 3.8) is 0 Å². The largest absolute Gasteiger partial charge is 0.292 e. The van der Waals surface area contributed by atoms with Crippen LogP contribution in [-0.4, -0.2) is 25.8 Å². The van der Waals surface area contributed by atoms with Crippen molar-refractivity contribution in [2.24, 2.45) is 0 Å². The van der Waals surface area contributed by atoms with Crippen molar-refractivity contribution in [2.45, 2.75) is 25.3 Å². The molecular formula is C14H17ClN2O2S. The third-order valence-corrected chi connectivity index (χ3v) is 4.31. The lowest BCUT2D eigenvalue weighted by Crippen LogP contribution is -2.28. The van der Waals surface area contributed by atoms with Gasteiger partial charge in [0.05, 0.1) is 16.8 Å². The first-order chi connectivity index (χ1) is 9.54. The van der Waals surface area contributed by atoms with E-state index in [4.69, 9.17) is 11.6 Å². The maximum absolute atomic E-state index is 12.6. The molecule has 0 amide bonds. The van der Waals surface area contributed by atoms with Gasteiger partial charge in [0.1, 0.15) is 5.82 Å². The van der Waals surface area contributed by atoms with E-state index in [2.05, 4.69) is 4.98 Å². The number of hydrogen-bond acceptors (Lipinski definition) is 3. The van der Waals surface area contributed by atoms with Crippen LogP contribution in [0.4, 0.5) is 0 Å². The summed E-state index contributed by atoms with van der Waals surface area (Å²) >= 11 is 5.93. The van der Waals surface area contributed by atoms with Gasteiger partial charge < -0.3 is 0 Å². The van der Waals surface area contributed by atoms with E-state index in [1.807, 2.05) is 25.1 Å². The lowest BCUT2D eigenvalue weighted by atomic mass is 10.2. The number of fused-ring (bicyclic) bond motifs is 1. The first kappa shape index (κ1) is 15.2. The van der Waals surface area contributed by atoms with Crippen LogP contribution < -0.4 is 5.56 Å². The highest BCUT2D eigenvalue weighted by molar-refractivity contribution is 7.84. The van der Waals surface area contributed by atoms with Crippen molar-refractivity contribution in [1.82, 2.24) is 9.55 Å². The van der Waals surface area contributed by atoms with Gasteiger partial charge in [-0.15, -0.1) is 11.6 Å². The molecule has 0 aliphatic heterocycles. The molecule has 2 aromatic rings. The van der Waals surface area contributed by atoms with Crippen LogP contribution >= 0.6 is 11.6 Å². The van der Waals surface area contributed by atoms with Gasteiger partial charge in [0.2, 0.25) is 0 Å². The standard InChI is InChI=1S/C14H17ClN2O2S/c1-10(7-8-20(2)19)17-13(9-15)16-12-6-4-3-5-11(12)14(17)18/h3-6,10H,7-9H2,1-2H3. The number of hydrogen-bond donors (Lipinski definition) is 0. The molecule has 2 unspecified atom stereocenters. The molecule has 0 saturated heterocycles. The zero-order valence-corrected chi connectivity index (χ0v) is 13.1. The third-order valence-electron chi connectivity index (χ3n) is 3.26. The van der Waals surface area contributed by atoms with Crippen LogP contribution in [0, 0.1) is 0 Å². The Kier molecular flexibility index (Phi) is 4.94. The number of para-hydroxylation sites is 1. The lowest BCUT2D eigenvalue weighted by Gasteiger charge is -2.18. The molecule has 6 heteroatoms. The number of halogens is 1. The second-order valence-corrected chi connectivity index (χ2v) is 6.59. The molecule has 0 aliphatic rings. The molecule has 0 N–H and O–H groups in total. The van der Waals surface area contributed by atoms with Crippen molar-refractivity contribution in [2.75, 3.05) is 12.0 Å². The maximum atomic E-state index is 12.6. The smallest absolute Gasteiger partial charge is 0.261 e. The molecule has 2 atom stereocenters. The average Bonchev–Trinajstić information content (AvgIpc) is 2.44. The van der Waals surface area contributed by atoms with Crippen LogP contribution in [0.1, 0.15) is 25.2 Å². The number of aromatic nitrogens is 2. The van der Waals surface area contributed by atoms with Crippen molar-refractivity contribution >= 4 is 33.3 Å².